The van der Waals surface area contributed by atoms with Crippen molar-refractivity contribution >= 4 is 40.0 Å². The third-order valence-electron chi connectivity index (χ3n) is 6.16. The van der Waals surface area contributed by atoms with Gasteiger partial charge in [-0.1, -0.05) is 13.3 Å². The zero-order valence-electron chi connectivity index (χ0n) is 16.6. The van der Waals surface area contributed by atoms with E-state index in [2.05, 4.69) is 45.9 Å². The van der Waals surface area contributed by atoms with Gasteiger partial charge in [0.1, 0.15) is 12.2 Å². The first-order chi connectivity index (χ1) is 14.0. The first kappa shape index (κ1) is 20.3. The molecule has 0 amide bonds. The van der Waals surface area contributed by atoms with E-state index in [9.17, 15) is 10.1 Å². The number of halogens is 1. The van der Waals surface area contributed by atoms with Gasteiger partial charge in [0, 0.05) is 18.9 Å². The highest BCUT2D eigenvalue weighted by atomic mass is 127. The van der Waals surface area contributed by atoms with Crippen LogP contribution in [0.5, 0.6) is 0 Å². The number of ether oxygens (including phenoxy) is 2. The number of esters is 1. The van der Waals surface area contributed by atoms with Gasteiger partial charge in [-0.3, -0.25) is 4.79 Å². The molecule has 154 valence electrons. The van der Waals surface area contributed by atoms with Crippen molar-refractivity contribution in [3.8, 4) is 6.07 Å². The van der Waals surface area contributed by atoms with E-state index in [1.165, 1.54) is 13.3 Å². The molecule has 2 atom stereocenters. The van der Waals surface area contributed by atoms with Crippen molar-refractivity contribution in [3.63, 3.8) is 0 Å². The molecule has 2 aromatic rings. The highest BCUT2D eigenvalue weighted by molar-refractivity contribution is 14.1. The van der Waals surface area contributed by atoms with E-state index in [0.717, 1.165) is 34.0 Å². The van der Waals surface area contributed by atoms with Crippen LogP contribution in [0.4, 0.5) is 5.95 Å². The maximum atomic E-state index is 11.4. The van der Waals surface area contributed by atoms with Crippen molar-refractivity contribution in [1.82, 2.24) is 14.6 Å². The van der Waals surface area contributed by atoms with Crippen LogP contribution >= 0.6 is 22.6 Å². The van der Waals surface area contributed by atoms with Crippen molar-refractivity contribution < 1.29 is 14.3 Å². The summed E-state index contributed by atoms with van der Waals surface area (Å²) in [7, 11) is 0. The predicted octanol–water partition coefficient (Wildman–Crippen LogP) is 3.17. The van der Waals surface area contributed by atoms with Crippen molar-refractivity contribution in [2.24, 2.45) is 0 Å². The molecule has 1 saturated carbocycles. The smallest absolute Gasteiger partial charge is 0.303 e. The van der Waals surface area contributed by atoms with Crippen molar-refractivity contribution in [2.75, 3.05) is 18.5 Å². The lowest BCUT2D eigenvalue weighted by atomic mass is 9.64. The summed E-state index contributed by atoms with van der Waals surface area (Å²) in [5.41, 5.74) is 2.57. The zero-order valence-corrected chi connectivity index (χ0v) is 18.7. The molecule has 29 heavy (non-hydrogen) atoms. The van der Waals surface area contributed by atoms with Gasteiger partial charge in [0.25, 0.3) is 0 Å². The zero-order chi connectivity index (χ0) is 20.6. The van der Waals surface area contributed by atoms with E-state index >= 15 is 0 Å². The molecule has 4 rings (SSSR count). The van der Waals surface area contributed by atoms with Crippen LogP contribution in [0.3, 0.4) is 0 Å². The van der Waals surface area contributed by atoms with Crippen LogP contribution < -0.4 is 5.32 Å². The molecule has 0 aromatic carbocycles. The molecule has 1 saturated heterocycles. The summed E-state index contributed by atoms with van der Waals surface area (Å²) >= 11 is 2.22. The van der Waals surface area contributed by atoms with E-state index in [-0.39, 0.29) is 23.5 Å². The SMILES string of the molecule is CCC1(c2c(C#N)c(I)c3cnc(N[C@@H]4CCOC[C@H]4OC(C)=O)nn23)CCC1. The number of fused-ring (bicyclic) bond motifs is 1. The molecule has 1 aliphatic carbocycles. The van der Waals surface area contributed by atoms with Crippen LogP contribution in [0, 0.1) is 14.9 Å². The third kappa shape index (κ3) is 3.57. The largest absolute Gasteiger partial charge is 0.458 e. The van der Waals surface area contributed by atoms with E-state index in [0.29, 0.717) is 31.1 Å². The fraction of sp³-hybridized carbons (Fsp3) is 0.600. The van der Waals surface area contributed by atoms with E-state index in [1.54, 1.807) is 6.20 Å². The molecule has 0 radical (unpaired) electrons. The Morgan fingerprint density at radius 3 is 2.97 bits per heavy atom. The highest BCUT2D eigenvalue weighted by Gasteiger charge is 2.42. The second kappa shape index (κ2) is 8.07. The van der Waals surface area contributed by atoms with Gasteiger partial charge in [-0.05, 0) is 48.3 Å². The second-order valence-electron chi connectivity index (χ2n) is 7.78. The maximum Gasteiger partial charge on any atom is 0.303 e. The molecular formula is C20H24IN5O3. The quantitative estimate of drug-likeness (QED) is 0.488. The number of aromatic nitrogens is 3. The highest BCUT2D eigenvalue weighted by Crippen LogP contribution is 2.48. The summed E-state index contributed by atoms with van der Waals surface area (Å²) in [6.07, 6.45) is 6.37. The molecule has 1 aliphatic heterocycles. The number of carbonyl (C=O) groups excluding carboxylic acids is 1. The minimum absolute atomic E-state index is 0.00196. The number of rotatable bonds is 5. The minimum atomic E-state index is -0.381. The molecule has 0 spiro atoms. The fourth-order valence-corrected chi connectivity index (χ4v) is 5.14. The van der Waals surface area contributed by atoms with Gasteiger partial charge in [0.05, 0.1) is 39.2 Å². The summed E-state index contributed by atoms with van der Waals surface area (Å²) in [5.74, 6) is 0.128. The topological polar surface area (TPSA) is 102 Å². The summed E-state index contributed by atoms with van der Waals surface area (Å²) < 4.78 is 13.6. The van der Waals surface area contributed by atoms with Crippen LogP contribution in [0.25, 0.3) is 5.52 Å². The van der Waals surface area contributed by atoms with Crippen LogP contribution in [0.1, 0.15) is 57.2 Å². The molecule has 1 N–H and O–H groups in total. The predicted molar refractivity (Wildman–Crippen MR) is 115 cm³/mol. The molecule has 8 nitrogen and oxygen atoms in total. The number of nitrogens with zero attached hydrogens (tertiary/aromatic N) is 4. The Bertz CT molecular complexity index is 973. The standard InChI is InChI=1S/C20H24IN5O3/c1-3-20(6-4-7-20)18-13(9-22)17(21)15-10-23-19(25-26(15)18)24-14-5-8-28-11-16(14)29-12(2)27/h10,14,16H,3-8,11H2,1-2H3,(H,24,25)/t14-,16-/m1/s1. The summed E-state index contributed by atoms with van der Waals surface area (Å²) in [5, 5.41) is 17.9. The lowest BCUT2D eigenvalue weighted by Crippen LogP contribution is -2.45. The van der Waals surface area contributed by atoms with E-state index < -0.39 is 0 Å². The lowest BCUT2D eigenvalue weighted by Gasteiger charge is -2.41. The molecule has 0 bridgehead atoms. The normalized spacial score (nSPS) is 23.2. The number of hydrogen-bond donors (Lipinski definition) is 1. The Morgan fingerprint density at radius 2 is 2.34 bits per heavy atom. The summed E-state index contributed by atoms with van der Waals surface area (Å²) in [4.78, 5) is 15.9. The maximum absolute atomic E-state index is 11.4. The first-order valence-corrected chi connectivity index (χ1v) is 11.1. The lowest BCUT2D eigenvalue weighted by molar-refractivity contribution is -0.153. The number of nitriles is 1. The van der Waals surface area contributed by atoms with Crippen molar-refractivity contribution in [2.45, 2.75) is 63.5 Å². The second-order valence-corrected chi connectivity index (χ2v) is 8.86. The molecule has 2 fully saturated rings. The Morgan fingerprint density at radius 1 is 1.55 bits per heavy atom. The van der Waals surface area contributed by atoms with Gasteiger partial charge in [0.2, 0.25) is 5.95 Å². The number of carbonyl (C=O) groups is 1. The summed E-state index contributed by atoms with van der Waals surface area (Å²) in [6, 6.07) is 2.28. The Hall–Kier alpha value is -1.93. The van der Waals surface area contributed by atoms with Crippen LogP contribution in [0.2, 0.25) is 0 Å². The van der Waals surface area contributed by atoms with Crippen molar-refractivity contribution in [1.29, 1.82) is 5.26 Å². The molecule has 9 heteroatoms. The van der Waals surface area contributed by atoms with Gasteiger partial charge in [0.15, 0.2) is 0 Å². The third-order valence-corrected chi connectivity index (χ3v) is 7.25. The Kier molecular flexibility index (Phi) is 5.66. The molecule has 0 unspecified atom stereocenters. The number of nitrogens with one attached hydrogen (secondary N) is 1. The molecule has 3 heterocycles. The minimum Gasteiger partial charge on any atom is -0.458 e. The van der Waals surface area contributed by atoms with E-state index in [4.69, 9.17) is 14.6 Å². The van der Waals surface area contributed by atoms with Gasteiger partial charge in [-0.15, -0.1) is 5.10 Å². The first-order valence-electron chi connectivity index (χ1n) is 9.98. The number of hydrogen-bond acceptors (Lipinski definition) is 7. The van der Waals surface area contributed by atoms with E-state index in [1.807, 2.05) is 4.52 Å². The van der Waals surface area contributed by atoms with Gasteiger partial charge >= 0.3 is 5.97 Å². The molecule has 2 aromatic heterocycles. The Labute approximate surface area is 183 Å². The summed E-state index contributed by atoms with van der Waals surface area (Å²) in [6.45, 7) is 4.51. The number of anilines is 1. The molecular weight excluding hydrogens is 485 g/mol. The monoisotopic (exact) mass is 509 g/mol. The van der Waals surface area contributed by atoms with Gasteiger partial charge in [-0.25, -0.2) is 9.50 Å². The van der Waals surface area contributed by atoms with Crippen molar-refractivity contribution in [3.05, 3.63) is 21.0 Å². The van der Waals surface area contributed by atoms with Crippen LogP contribution in [-0.2, 0) is 19.7 Å². The molecule has 2 aliphatic rings. The van der Waals surface area contributed by atoms with Crippen LogP contribution in [0.15, 0.2) is 6.20 Å². The average molecular weight is 509 g/mol. The van der Waals surface area contributed by atoms with Crippen LogP contribution in [-0.4, -0.2) is 45.9 Å². The Balaban J connectivity index is 1.72. The fourth-order valence-electron chi connectivity index (χ4n) is 4.40. The van der Waals surface area contributed by atoms with Gasteiger partial charge < -0.3 is 14.8 Å². The average Bonchev–Trinajstić information content (AvgIpc) is 2.94. The van der Waals surface area contributed by atoms with Gasteiger partial charge in [-0.2, -0.15) is 5.26 Å².